The summed E-state index contributed by atoms with van der Waals surface area (Å²) in [4.78, 5) is 12.2. The van der Waals surface area contributed by atoms with Crippen LogP contribution in [0.5, 0.6) is 17.2 Å². The number of aliphatic hydroxyl groups is 5. The minimum atomic E-state index is -1.56. The molecule has 6 atom stereocenters. The summed E-state index contributed by atoms with van der Waals surface area (Å²) in [6.07, 6.45) is -5.85. The van der Waals surface area contributed by atoms with E-state index in [1.54, 1.807) is 30.3 Å². The zero-order chi connectivity index (χ0) is 24.2. The summed E-state index contributed by atoms with van der Waals surface area (Å²) in [6, 6.07) is 12.4. The molecule has 3 heterocycles. The molecule has 184 valence electrons. The minimum Gasteiger partial charge on any atom is -0.458 e. The van der Waals surface area contributed by atoms with E-state index in [1.165, 1.54) is 0 Å². The smallest absolute Gasteiger partial charge is 0.229 e. The van der Waals surface area contributed by atoms with Gasteiger partial charge in [-0.05, 0) is 54.7 Å². The highest BCUT2D eigenvalue weighted by Crippen LogP contribution is 2.36. The molecule has 4 bridgehead atoms. The Morgan fingerprint density at radius 2 is 1.62 bits per heavy atom. The number of hydrogen-bond acceptors (Lipinski definition) is 9. The fraction of sp³-hybridized carbons (Fsp3) is 0.480. The number of aryl methyl sites for hydroxylation is 2. The molecule has 34 heavy (non-hydrogen) atoms. The SMILES string of the molecule is O=C1CCc2ccc(cc2)Oc2cc(ccc2O[C@H]2O[C@@H](CO)[C@@H](O)[C@@H](O)[C@@H]2O)CC[C@@H](O)C1. The van der Waals surface area contributed by atoms with Crippen molar-refractivity contribution in [3.05, 3.63) is 53.6 Å². The molecule has 3 aliphatic heterocycles. The highest BCUT2D eigenvalue weighted by atomic mass is 16.7. The average molecular weight is 475 g/mol. The second-order valence-corrected chi connectivity index (χ2v) is 8.78. The summed E-state index contributed by atoms with van der Waals surface area (Å²) in [5, 5.41) is 50.1. The molecule has 9 nitrogen and oxygen atoms in total. The number of benzene rings is 2. The van der Waals surface area contributed by atoms with Crippen LogP contribution in [-0.2, 0) is 22.4 Å². The van der Waals surface area contributed by atoms with Gasteiger partial charge >= 0.3 is 0 Å². The van der Waals surface area contributed by atoms with E-state index in [1.807, 2.05) is 12.1 Å². The zero-order valence-electron chi connectivity index (χ0n) is 18.6. The van der Waals surface area contributed by atoms with Crippen molar-refractivity contribution in [2.75, 3.05) is 6.61 Å². The lowest BCUT2D eigenvalue weighted by molar-refractivity contribution is -0.277. The molecule has 0 spiro atoms. The van der Waals surface area contributed by atoms with Crippen LogP contribution in [0.2, 0.25) is 0 Å². The summed E-state index contributed by atoms with van der Waals surface area (Å²) >= 11 is 0. The van der Waals surface area contributed by atoms with Gasteiger partial charge in [-0.15, -0.1) is 0 Å². The van der Waals surface area contributed by atoms with Gasteiger partial charge in [0, 0.05) is 12.8 Å². The maximum Gasteiger partial charge on any atom is 0.229 e. The molecule has 5 N–H and O–H groups in total. The summed E-state index contributed by atoms with van der Waals surface area (Å²) in [5.74, 6) is 1.09. The van der Waals surface area contributed by atoms with Crippen LogP contribution in [0.3, 0.4) is 0 Å². The molecule has 0 unspecified atom stereocenters. The number of ketones is 1. The predicted molar refractivity (Wildman–Crippen MR) is 120 cm³/mol. The minimum absolute atomic E-state index is 0.0201. The van der Waals surface area contributed by atoms with Gasteiger partial charge in [-0.1, -0.05) is 18.2 Å². The van der Waals surface area contributed by atoms with E-state index in [2.05, 4.69) is 0 Å². The van der Waals surface area contributed by atoms with Gasteiger partial charge in [0.15, 0.2) is 11.5 Å². The van der Waals surface area contributed by atoms with Crippen LogP contribution >= 0.6 is 0 Å². The number of fused-ring (bicyclic) bond motifs is 8. The third-order valence-corrected chi connectivity index (χ3v) is 6.17. The van der Waals surface area contributed by atoms with E-state index in [-0.39, 0.29) is 18.0 Å². The number of carbonyl (C=O) groups excluding carboxylic acids is 1. The highest BCUT2D eigenvalue weighted by molar-refractivity contribution is 5.79. The third kappa shape index (κ3) is 5.75. The average Bonchev–Trinajstić information content (AvgIpc) is 2.83. The van der Waals surface area contributed by atoms with E-state index in [0.29, 0.717) is 37.2 Å². The van der Waals surface area contributed by atoms with E-state index in [0.717, 1.165) is 11.1 Å². The van der Waals surface area contributed by atoms with E-state index < -0.39 is 43.4 Å². The molecule has 1 fully saturated rings. The molecular formula is C25H30O9. The van der Waals surface area contributed by atoms with Crippen LogP contribution in [0.1, 0.15) is 30.4 Å². The molecule has 9 heteroatoms. The van der Waals surface area contributed by atoms with Crippen molar-refractivity contribution in [3.8, 4) is 17.2 Å². The van der Waals surface area contributed by atoms with E-state index >= 15 is 0 Å². The van der Waals surface area contributed by atoms with Crippen LogP contribution in [0.15, 0.2) is 42.5 Å². The molecule has 0 radical (unpaired) electrons. The zero-order valence-corrected chi connectivity index (χ0v) is 18.6. The lowest BCUT2D eigenvalue weighted by Crippen LogP contribution is -2.60. The van der Waals surface area contributed by atoms with Crippen LogP contribution in [0.25, 0.3) is 0 Å². The van der Waals surface area contributed by atoms with Crippen molar-refractivity contribution in [1.82, 2.24) is 0 Å². The fourth-order valence-corrected chi connectivity index (χ4v) is 4.11. The second kappa shape index (κ2) is 10.8. The summed E-state index contributed by atoms with van der Waals surface area (Å²) in [5.41, 5.74) is 1.81. The number of hydrogen-bond donors (Lipinski definition) is 5. The fourth-order valence-electron chi connectivity index (χ4n) is 4.11. The number of aliphatic hydroxyl groups excluding tert-OH is 5. The van der Waals surface area contributed by atoms with Crippen LogP contribution in [0, 0.1) is 0 Å². The van der Waals surface area contributed by atoms with Gasteiger partial charge in [-0.25, -0.2) is 0 Å². The summed E-state index contributed by atoms with van der Waals surface area (Å²) in [6.45, 7) is -0.565. The first kappa shape index (κ1) is 24.6. The van der Waals surface area contributed by atoms with Gasteiger partial charge in [0.1, 0.15) is 35.9 Å². The maximum absolute atomic E-state index is 12.2. The van der Waals surface area contributed by atoms with Gasteiger partial charge in [-0.2, -0.15) is 0 Å². The third-order valence-electron chi connectivity index (χ3n) is 6.17. The van der Waals surface area contributed by atoms with Gasteiger partial charge in [-0.3, -0.25) is 4.79 Å². The van der Waals surface area contributed by atoms with Gasteiger partial charge in [0.25, 0.3) is 0 Å². The van der Waals surface area contributed by atoms with Gasteiger partial charge < -0.3 is 39.7 Å². The Bertz CT molecular complexity index is 975. The van der Waals surface area contributed by atoms with Crippen LogP contribution in [-0.4, -0.2) is 74.7 Å². The Labute approximate surface area is 197 Å². The number of rotatable bonds is 3. The lowest BCUT2D eigenvalue weighted by atomic mass is 9.99. The summed E-state index contributed by atoms with van der Waals surface area (Å²) < 4.78 is 17.3. The van der Waals surface area contributed by atoms with Crippen molar-refractivity contribution < 1.29 is 44.5 Å². The monoisotopic (exact) mass is 474 g/mol. The molecule has 2 aromatic rings. The van der Waals surface area contributed by atoms with Crippen LogP contribution in [0.4, 0.5) is 0 Å². The van der Waals surface area contributed by atoms with Crippen molar-refractivity contribution >= 4 is 5.78 Å². The lowest BCUT2D eigenvalue weighted by Gasteiger charge is -2.39. The van der Waals surface area contributed by atoms with Gasteiger partial charge in [0.05, 0.1) is 12.7 Å². The molecule has 3 aliphatic rings. The molecule has 0 saturated carbocycles. The largest absolute Gasteiger partial charge is 0.458 e. The number of Topliss-reactive ketones (excluding diaryl/α,β-unsaturated/α-hetero) is 1. The van der Waals surface area contributed by atoms with Crippen LogP contribution < -0.4 is 9.47 Å². The van der Waals surface area contributed by atoms with Crippen molar-refractivity contribution in [1.29, 1.82) is 0 Å². The summed E-state index contributed by atoms with van der Waals surface area (Å²) in [7, 11) is 0. The molecular weight excluding hydrogens is 444 g/mol. The Kier molecular flexibility index (Phi) is 7.82. The van der Waals surface area contributed by atoms with Gasteiger partial charge in [0.2, 0.25) is 6.29 Å². The normalized spacial score (nSPS) is 30.2. The molecule has 0 amide bonds. The first-order valence-corrected chi connectivity index (χ1v) is 11.4. The molecule has 0 aromatic heterocycles. The van der Waals surface area contributed by atoms with Crippen molar-refractivity contribution in [2.45, 2.75) is 68.9 Å². The second-order valence-electron chi connectivity index (χ2n) is 8.78. The molecule has 1 saturated heterocycles. The number of ether oxygens (including phenoxy) is 3. The Hall–Kier alpha value is -2.53. The maximum atomic E-state index is 12.2. The standard InChI is InChI=1S/C25H30O9/c26-13-21-22(29)23(30)24(31)25(34-21)33-19-10-5-15-2-7-17(28)12-16(27)6-1-14-3-8-18(9-4-14)32-20(19)11-15/h3-5,8-11,17,21-26,28-31H,1-2,6-7,12-13H2/t17-,21+,22-,23-,24+,25+/m1/s1. The Balaban J connectivity index is 1.61. The molecule has 2 aromatic carbocycles. The number of carbonyl (C=O) groups is 1. The Morgan fingerprint density at radius 1 is 0.882 bits per heavy atom. The topological polar surface area (TPSA) is 146 Å². The first-order chi connectivity index (χ1) is 16.3. The quantitative estimate of drug-likeness (QED) is 0.437. The van der Waals surface area contributed by atoms with E-state index in [9.17, 15) is 30.3 Å². The van der Waals surface area contributed by atoms with Crippen molar-refractivity contribution in [2.24, 2.45) is 0 Å². The first-order valence-electron chi connectivity index (χ1n) is 11.4. The predicted octanol–water partition coefficient (Wildman–Crippen LogP) is 0.856. The Morgan fingerprint density at radius 3 is 2.35 bits per heavy atom. The highest BCUT2D eigenvalue weighted by Gasteiger charge is 2.45. The van der Waals surface area contributed by atoms with E-state index in [4.69, 9.17) is 14.2 Å². The molecule has 0 aliphatic carbocycles. The van der Waals surface area contributed by atoms with Crippen molar-refractivity contribution in [3.63, 3.8) is 0 Å². The molecule has 5 rings (SSSR count).